The molecule has 0 radical (unpaired) electrons. The number of aromatic nitrogens is 1. The summed E-state index contributed by atoms with van der Waals surface area (Å²) >= 11 is 0. The number of nitrogens with zero attached hydrogens (tertiary/aromatic N) is 1. The van der Waals surface area contributed by atoms with Gasteiger partial charge >= 0.3 is 0 Å². The molecule has 2 heterocycles. The molecule has 0 amide bonds. The van der Waals surface area contributed by atoms with Gasteiger partial charge in [0, 0.05) is 17.8 Å². The van der Waals surface area contributed by atoms with Crippen LogP contribution in [0.3, 0.4) is 0 Å². The van der Waals surface area contributed by atoms with Gasteiger partial charge in [-0.15, -0.1) is 0 Å². The van der Waals surface area contributed by atoms with Crippen molar-refractivity contribution in [1.29, 1.82) is 0 Å². The number of ketones is 1. The van der Waals surface area contributed by atoms with Crippen LogP contribution in [-0.4, -0.2) is 10.4 Å². The van der Waals surface area contributed by atoms with E-state index < -0.39 is 0 Å². The second-order valence-electron chi connectivity index (χ2n) is 4.94. The Labute approximate surface area is 113 Å². The molecule has 0 saturated carbocycles. The minimum Gasteiger partial charge on any atom is -0.341 e. The predicted octanol–water partition coefficient (Wildman–Crippen LogP) is 3.70. The normalized spacial score (nSPS) is 13.9. The Morgan fingerprint density at radius 2 is 2.00 bits per heavy atom. The maximum atomic E-state index is 12.6. The van der Waals surface area contributed by atoms with E-state index in [-0.39, 0.29) is 5.78 Å². The van der Waals surface area contributed by atoms with E-state index in [9.17, 15) is 4.79 Å². The van der Waals surface area contributed by atoms with Crippen LogP contribution in [0.5, 0.6) is 0 Å². The lowest BCUT2D eigenvalue weighted by Gasteiger charge is -2.18. The van der Waals surface area contributed by atoms with E-state index in [1.165, 1.54) is 12.1 Å². The largest absolute Gasteiger partial charge is 0.341 e. The molecule has 96 valence electrons. The lowest BCUT2D eigenvalue weighted by atomic mass is 10.1. The van der Waals surface area contributed by atoms with Gasteiger partial charge in [0.1, 0.15) is 0 Å². The van der Waals surface area contributed by atoms with Gasteiger partial charge in [0.15, 0.2) is 0 Å². The summed E-state index contributed by atoms with van der Waals surface area (Å²) in [6.07, 6.45) is 5.25. The number of benzene rings is 1. The number of carbonyl (C=O) groups is 1. The Morgan fingerprint density at radius 1 is 1.21 bits per heavy atom. The third-order valence-corrected chi connectivity index (χ3v) is 3.78. The van der Waals surface area contributed by atoms with Crippen molar-refractivity contribution in [2.24, 2.45) is 0 Å². The van der Waals surface area contributed by atoms with Crippen LogP contribution in [0, 0.1) is 0 Å². The molecule has 0 bridgehead atoms. The Bertz CT molecular complexity index is 622. The van der Waals surface area contributed by atoms with Gasteiger partial charge < -0.3 is 4.57 Å². The van der Waals surface area contributed by atoms with Crippen LogP contribution < -0.4 is 0 Å². The Balaban J connectivity index is 2.08. The van der Waals surface area contributed by atoms with Crippen molar-refractivity contribution in [2.45, 2.75) is 25.8 Å². The molecular weight excluding hydrogens is 234 g/mol. The lowest BCUT2D eigenvalue weighted by Crippen LogP contribution is -2.16. The molecule has 0 fully saturated rings. The summed E-state index contributed by atoms with van der Waals surface area (Å²) in [5, 5.41) is 0. The Morgan fingerprint density at radius 3 is 2.74 bits per heavy atom. The number of carbonyl (C=O) groups excluding carboxylic acids is 1. The van der Waals surface area contributed by atoms with Gasteiger partial charge in [-0.1, -0.05) is 43.0 Å². The van der Waals surface area contributed by atoms with Crippen molar-refractivity contribution in [3.05, 3.63) is 65.5 Å². The van der Waals surface area contributed by atoms with E-state index in [2.05, 4.69) is 11.1 Å². The highest BCUT2D eigenvalue weighted by Crippen LogP contribution is 2.26. The van der Waals surface area contributed by atoms with Crippen molar-refractivity contribution in [2.75, 3.05) is 0 Å². The minimum absolute atomic E-state index is 0.108. The van der Waals surface area contributed by atoms with Crippen molar-refractivity contribution in [1.82, 2.24) is 4.57 Å². The Hall–Kier alpha value is -2.09. The fourth-order valence-corrected chi connectivity index (χ4v) is 2.81. The topological polar surface area (TPSA) is 22.0 Å². The lowest BCUT2D eigenvalue weighted by molar-refractivity contribution is 0.102. The summed E-state index contributed by atoms with van der Waals surface area (Å²) in [5.74, 6) is 0.108. The first-order valence-electron chi connectivity index (χ1n) is 6.76. The third-order valence-electron chi connectivity index (χ3n) is 3.78. The van der Waals surface area contributed by atoms with E-state index in [0.717, 1.165) is 36.2 Å². The number of fused-ring (bicyclic) bond motifs is 1. The fourth-order valence-electron chi connectivity index (χ4n) is 2.81. The van der Waals surface area contributed by atoms with Crippen LogP contribution in [0.4, 0.5) is 0 Å². The van der Waals surface area contributed by atoms with Gasteiger partial charge in [-0.2, -0.15) is 0 Å². The standard InChI is InChI=1S/C17H17NO/c1-2-13-12-16(18-11-7-6-10-15(13)18)17(19)14-8-4-3-5-9-14/h2-5,8-9,12H,1,6-7,10-11H2. The fraction of sp³-hybridized carbons (Fsp3) is 0.235. The van der Waals surface area contributed by atoms with Gasteiger partial charge in [0.05, 0.1) is 5.69 Å². The molecule has 0 spiro atoms. The first kappa shape index (κ1) is 12.0. The molecule has 0 unspecified atom stereocenters. The smallest absolute Gasteiger partial charge is 0.209 e. The summed E-state index contributed by atoms with van der Waals surface area (Å²) in [7, 11) is 0. The maximum Gasteiger partial charge on any atom is 0.209 e. The zero-order chi connectivity index (χ0) is 13.2. The highest BCUT2D eigenvalue weighted by atomic mass is 16.1. The molecule has 1 aliphatic rings. The quantitative estimate of drug-likeness (QED) is 0.762. The Kier molecular flexibility index (Phi) is 3.08. The molecule has 0 saturated heterocycles. The van der Waals surface area contributed by atoms with Crippen LogP contribution in [0.25, 0.3) is 6.08 Å². The number of hydrogen-bond donors (Lipinski definition) is 0. The second-order valence-corrected chi connectivity index (χ2v) is 4.94. The van der Waals surface area contributed by atoms with Crippen LogP contribution in [0.2, 0.25) is 0 Å². The molecule has 1 aliphatic heterocycles. The highest BCUT2D eigenvalue weighted by Gasteiger charge is 2.21. The summed E-state index contributed by atoms with van der Waals surface area (Å²) in [5.41, 5.74) is 3.93. The van der Waals surface area contributed by atoms with Crippen LogP contribution in [0.15, 0.2) is 43.0 Å². The summed E-state index contributed by atoms with van der Waals surface area (Å²) in [6.45, 7) is 4.80. The van der Waals surface area contributed by atoms with Crippen LogP contribution >= 0.6 is 0 Å². The molecule has 1 aromatic heterocycles. The molecule has 0 aliphatic carbocycles. The molecule has 19 heavy (non-hydrogen) atoms. The molecule has 3 rings (SSSR count). The first-order valence-corrected chi connectivity index (χ1v) is 6.76. The van der Waals surface area contributed by atoms with Gasteiger partial charge in [-0.25, -0.2) is 0 Å². The first-order chi connectivity index (χ1) is 9.31. The van der Waals surface area contributed by atoms with Gasteiger partial charge in [-0.3, -0.25) is 4.79 Å². The summed E-state index contributed by atoms with van der Waals surface area (Å²) in [4.78, 5) is 12.6. The third kappa shape index (κ3) is 2.03. The molecule has 0 atom stereocenters. The zero-order valence-corrected chi connectivity index (χ0v) is 10.9. The zero-order valence-electron chi connectivity index (χ0n) is 10.9. The maximum absolute atomic E-state index is 12.6. The van der Waals surface area contributed by atoms with Crippen molar-refractivity contribution in [3.8, 4) is 0 Å². The molecule has 0 N–H and O–H groups in total. The van der Waals surface area contributed by atoms with Gasteiger partial charge in [-0.05, 0) is 30.9 Å². The van der Waals surface area contributed by atoms with E-state index in [4.69, 9.17) is 0 Å². The average Bonchev–Trinajstić information content (AvgIpc) is 2.86. The molecule has 1 aromatic carbocycles. The predicted molar refractivity (Wildman–Crippen MR) is 77.3 cm³/mol. The summed E-state index contributed by atoms with van der Waals surface area (Å²) < 4.78 is 2.18. The van der Waals surface area contributed by atoms with E-state index in [0.29, 0.717) is 0 Å². The second kappa shape index (κ2) is 4.88. The van der Waals surface area contributed by atoms with E-state index >= 15 is 0 Å². The monoisotopic (exact) mass is 251 g/mol. The summed E-state index contributed by atoms with van der Waals surface area (Å²) in [6, 6.07) is 11.5. The molecule has 2 aromatic rings. The number of hydrogen-bond acceptors (Lipinski definition) is 1. The molecular formula is C17H17NO. The highest BCUT2D eigenvalue weighted by molar-refractivity contribution is 6.08. The molecule has 2 heteroatoms. The van der Waals surface area contributed by atoms with Crippen molar-refractivity contribution >= 4 is 11.9 Å². The van der Waals surface area contributed by atoms with Crippen LogP contribution in [0.1, 0.15) is 40.2 Å². The van der Waals surface area contributed by atoms with Crippen molar-refractivity contribution < 1.29 is 4.79 Å². The van der Waals surface area contributed by atoms with Gasteiger partial charge in [0.25, 0.3) is 0 Å². The minimum atomic E-state index is 0.108. The average molecular weight is 251 g/mol. The van der Waals surface area contributed by atoms with Gasteiger partial charge in [0.2, 0.25) is 5.78 Å². The van der Waals surface area contributed by atoms with Crippen LogP contribution in [-0.2, 0) is 13.0 Å². The van der Waals surface area contributed by atoms with Crippen molar-refractivity contribution in [3.63, 3.8) is 0 Å². The SMILES string of the molecule is C=Cc1cc(C(=O)c2ccccc2)n2c1CCCC2. The number of rotatable bonds is 3. The molecule has 2 nitrogen and oxygen atoms in total. The van der Waals surface area contributed by atoms with E-state index in [1.807, 2.05) is 42.5 Å². The van der Waals surface area contributed by atoms with E-state index in [1.54, 1.807) is 0 Å².